The Morgan fingerprint density at radius 2 is 1.85 bits per heavy atom. The third-order valence-corrected chi connectivity index (χ3v) is 3.27. The van der Waals surface area contributed by atoms with E-state index in [9.17, 15) is 4.39 Å². The summed E-state index contributed by atoms with van der Waals surface area (Å²) in [6.07, 6.45) is 0. The Morgan fingerprint density at radius 3 is 2.65 bits per heavy atom. The van der Waals surface area contributed by atoms with Gasteiger partial charge in [0.25, 0.3) is 0 Å². The van der Waals surface area contributed by atoms with Gasteiger partial charge in [-0.25, -0.2) is 4.39 Å². The zero-order chi connectivity index (χ0) is 13.9. The topological polar surface area (TPSA) is 27.7 Å². The maximum Gasteiger partial charge on any atom is 0.165 e. The first kappa shape index (κ1) is 13.1. The van der Waals surface area contributed by atoms with Crippen LogP contribution in [0.2, 0.25) is 5.02 Å². The molecule has 1 aliphatic heterocycles. The second kappa shape index (κ2) is 5.59. The summed E-state index contributed by atoms with van der Waals surface area (Å²) in [7, 11) is 0. The Labute approximate surface area is 120 Å². The SMILES string of the molecule is Fc1ccc(COc2ccc3c(c2)OCCO3)c(Cl)c1. The van der Waals surface area contributed by atoms with Crippen molar-refractivity contribution in [1.82, 2.24) is 0 Å². The highest BCUT2D eigenvalue weighted by Crippen LogP contribution is 2.34. The van der Waals surface area contributed by atoms with Crippen molar-refractivity contribution >= 4 is 11.6 Å². The molecule has 1 heterocycles. The van der Waals surface area contributed by atoms with Gasteiger partial charge in [0, 0.05) is 11.6 Å². The number of halogens is 2. The standard InChI is InChI=1S/C15H12ClFO3/c16-13-7-11(17)2-1-10(13)9-20-12-3-4-14-15(8-12)19-6-5-18-14/h1-4,7-8H,5-6,9H2. The summed E-state index contributed by atoms with van der Waals surface area (Å²) in [6.45, 7) is 1.34. The molecular weight excluding hydrogens is 283 g/mol. The molecule has 1 aliphatic rings. The summed E-state index contributed by atoms with van der Waals surface area (Å²) in [5.74, 6) is 1.66. The molecule has 2 aromatic carbocycles. The van der Waals surface area contributed by atoms with Crippen LogP contribution in [0.15, 0.2) is 36.4 Å². The van der Waals surface area contributed by atoms with Crippen molar-refractivity contribution in [2.75, 3.05) is 13.2 Å². The lowest BCUT2D eigenvalue weighted by atomic mass is 10.2. The van der Waals surface area contributed by atoms with Gasteiger partial charge >= 0.3 is 0 Å². The summed E-state index contributed by atoms with van der Waals surface area (Å²) < 4.78 is 29.5. The molecule has 104 valence electrons. The first-order chi connectivity index (χ1) is 9.72. The molecule has 0 unspecified atom stereocenters. The second-order valence-electron chi connectivity index (χ2n) is 4.33. The monoisotopic (exact) mass is 294 g/mol. The third kappa shape index (κ3) is 2.80. The molecule has 0 radical (unpaired) electrons. The van der Waals surface area contributed by atoms with E-state index in [1.165, 1.54) is 12.1 Å². The minimum absolute atomic E-state index is 0.263. The molecule has 0 aromatic heterocycles. The van der Waals surface area contributed by atoms with Gasteiger partial charge in [0.15, 0.2) is 11.5 Å². The number of hydrogen-bond acceptors (Lipinski definition) is 3. The molecule has 20 heavy (non-hydrogen) atoms. The fourth-order valence-corrected chi connectivity index (χ4v) is 2.14. The fraction of sp³-hybridized carbons (Fsp3) is 0.200. The molecule has 0 atom stereocenters. The lowest BCUT2D eigenvalue weighted by molar-refractivity contribution is 0.170. The van der Waals surface area contributed by atoms with Crippen LogP contribution >= 0.6 is 11.6 Å². The molecule has 0 saturated heterocycles. The first-order valence-electron chi connectivity index (χ1n) is 6.19. The number of fused-ring (bicyclic) bond motifs is 1. The van der Waals surface area contributed by atoms with Gasteiger partial charge in [-0.1, -0.05) is 17.7 Å². The summed E-state index contributed by atoms with van der Waals surface area (Å²) in [6, 6.07) is 9.60. The number of ether oxygens (including phenoxy) is 3. The first-order valence-corrected chi connectivity index (χ1v) is 6.56. The van der Waals surface area contributed by atoms with E-state index in [0.29, 0.717) is 35.5 Å². The molecule has 2 aromatic rings. The van der Waals surface area contributed by atoms with E-state index in [1.807, 2.05) is 0 Å². The fourth-order valence-electron chi connectivity index (χ4n) is 1.91. The average Bonchev–Trinajstić information content (AvgIpc) is 2.46. The number of hydrogen-bond donors (Lipinski definition) is 0. The van der Waals surface area contributed by atoms with Gasteiger partial charge in [0.1, 0.15) is 31.4 Å². The van der Waals surface area contributed by atoms with Gasteiger partial charge in [0.05, 0.1) is 5.02 Å². The lowest BCUT2D eigenvalue weighted by Crippen LogP contribution is -2.15. The summed E-state index contributed by atoms with van der Waals surface area (Å²) in [5.41, 5.74) is 0.725. The zero-order valence-electron chi connectivity index (χ0n) is 10.6. The van der Waals surface area contributed by atoms with Crippen molar-refractivity contribution < 1.29 is 18.6 Å². The lowest BCUT2D eigenvalue weighted by Gasteiger charge is -2.19. The van der Waals surface area contributed by atoms with Crippen LogP contribution < -0.4 is 14.2 Å². The van der Waals surface area contributed by atoms with Crippen molar-refractivity contribution in [3.63, 3.8) is 0 Å². The van der Waals surface area contributed by atoms with E-state index < -0.39 is 0 Å². The minimum atomic E-state index is -0.363. The molecule has 3 nitrogen and oxygen atoms in total. The predicted molar refractivity (Wildman–Crippen MR) is 73.2 cm³/mol. The van der Waals surface area contributed by atoms with Crippen molar-refractivity contribution in [2.45, 2.75) is 6.61 Å². The molecular formula is C15H12ClFO3. The Hall–Kier alpha value is -1.94. The van der Waals surface area contributed by atoms with Crippen LogP contribution in [-0.4, -0.2) is 13.2 Å². The van der Waals surface area contributed by atoms with Crippen LogP contribution in [0, 0.1) is 5.82 Å². The van der Waals surface area contributed by atoms with Crippen LogP contribution in [0.1, 0.15) is 5.56 Å². The van der Waals surface area contributed by atoms with Gasteiger partial charge in [0.2, 0.25) is 0 Å². The van der Waals surface area contributed by atoms with Gasteiger partial charge < -0.3 is 14.2 Å². The summed E-state index contributed by atoms with van der Waals surface area (Å²) >= 11 is 5.95. The van der Waals surface area contributed by atoms with Gasteiger partial charge in [-0.05, 0) is 24.3 Å². The molecule has 0 fully saturated rings. The van der Waals surface area contributed by atoms with Gasteiger partial charge in [-0.3, -0.25) is 0 Å². The smallest absolute Gasteiger partial charge is 0.165 e. The third-order valence-electron chi connectivity index (χ3n) is 2.92. The van der Waals surface area contributed by atoms with E-state index in [0.717, 1.165) is 5.56 Å². The Morgan fingerprint density at radius 1 is 1.05 bits per heavy atom. The molecule has 0 aliphatic carbocycles. The van der Waals surface area contributed by atoms with E-state index in [-0.39, 0.29) is 12.4 Å². The normalized spacial score (nSPS) is 13.1. The van der Waals surface area contributed by atoms with E-state index in [4.69, 9.17) is 25.8 Å². The van der Waals surface area contributed by atoms with Crippen LogP contribution in [0.25, 0.3) is 0 Å². The van der Waals surface area contributed by atoms with E-state index >= 15 is 0 Å². The number of benzene rings is 2. The Bertz CT molecular complexity index is 631. The zero-order valence-corrected chi connectivity index (χ0v) is 11.3. The highest BCUT2D eigenvalue weighted by atomic mass is 35.5. The molecule has 0 amide bonds. The Kier molecular flexibility index (Phi) is 3.65. The molecule has 0 N–H and O–H groups in total. The molecule has 0 bridgehead atoms. The van der Waals surface area contributed by atoms with Crippen molar-refractivity contribution in [1.29, 1.82) is 0 Å². The van der Waals surface area contributed by atoms with E-state index in [1.54, 1.807) is 24.3 Å². The van der Waals surface area contributed by atoms with Crippen LogP contribution in [-0.2, 0) is 6.61 Å². The predicted octanol–water partition coefficient (Wildman–Crippen LogP) is 3.83. The maximum atomic E-state index is 12.9. The molecule has 0 saturated carbocycles. The van der Waals surface area contributed by atoms with Crippen molar-refractivity contribution in [3.05, 3.63) is 52.8 Å². The summed E-state index contributed by atoms with van der Waals surface area (Å²) in [4.78, 5) is 0. The van der Waals surface area contributed by atoms with Crippen molar-refractivity contribution in [3.8, 4) is 17.2 Å². The van der Waals surface area contributed by atoms with Crippen LogP contribution in [0.3, 0.4) is 0 Å². The molecule has 5 heteroatoms. The maximum absolute atomic E-state index is 12.9. The second-order valence-corrected chi connectivity index (χ2v) is 4.74. The van der Waals surface area contributed by atoms with Gasteiger partial charge in [-0.2, -0.15) is 0 Å². The van der Waals surface area contributed by atoms with Crippen LogP contribution in [0.4, 0.5) is 4.39 Å². The van der Waals surface area contributed by atoms with E-state index in [2.05, 4.69) is 0 Å². The average molecular weight is 295 g/mol. The van der Waals surface area contributed by atoms with Crippen LogP contribution in [0.5, 0.6) is 17.2 Å². The molecule has 3 rings (SSSR count). The largest absolute Gasteiger partial charge is 0.489 e. The minimum Gasteiger partial charge on any atom is -0.489 e. The Balaban J connectivity index is 1.72. The number of rotatable bonds is 3. The quantitative estimate of drug-likeness (QED) is 0.861. The van der Waals surface area contributed by atoms with Gasteiger partial charge in [-0.15, -0.1) is 0 Å². The highest BCUT2D eigenvalue weighted by molar-refractivity contribution is 6.31. The summed E-state index contributed by atoms with van der Waals surface area (Å²) in [5, 5.41) is 0.350. The molecule has 0 spiro atoms. The van der Waals surface area contributed by atoms with Crippen molar-refractivity contribution in [2.24, 2.45) is 0 Å². The highest BCUT2D eigenvalue weighted by Gasteiger charge is 2.12.